The third-order valence-corrected chi connectivity index (χ3v) is 2.93. The summed E-state index contributed by atoms with van der Waals surface area (Å²) in [6.45, 7) is 6.51. The van der Waals surface area contributed by atoms with Crippen molar-refractivity contribution in [3.05, 3.63) is 23.4 Å². The van der Waals surface area contributed by atoms with Gasteiger partial charge in [-0.1, -0.05) is 6.92 Å². The van der Waals surface area contributed by atoms with E-state index in [9.17, 15) is 0 Å². The molecule has 0 radical (unpaired) electrons. The lowest BCUT2D eigenvalue weighted by atomic mass is 10.2. The van der Waals surface area contributed by atoms with Gasteiger partial charge in [-0.3, -0.25) is 0 Å². The van der Waals surface area contributed by atoms with Crippen molar-refractivity contribution in [1.29, 1.82) is 0 Å². The zero-order chi connectivity index (χ0) is 10.8. The van der Waals surface area contributed by atoms with Gasteiger partial charge in [0.15, 0.2) is 0 Å². The summed E-state index contributed by atoms with van der Waals surface area (Å²) in [5.41, 5.74) is 1.94. The Labute approximate surface area is 90.8 Å². The maximum Gasteiger partial charge on any atom is 0.129 e. The van der Waals surface area contributed by atoms with Crippen molar-refractivity contribution in [2.75, 3.05) is 18.0 Å². The summed E-state index contributed by atoms with van der Waals surface area (Å²) >= 11 is 0. The van der Waals surface area contributed by atoms with Crippen LogP contribution in [0.4, 0.5) is 5.82 Å². The molecule has 0 saturated carbocycles. The lowest BCUT2D eigenvalue weighted by molar-refractivity contribution is 0.281. The molecule has 1 fully saturated rings. The largest absolute Gasteiger partial charge is 0.392 e. The highest BCUT2D eigenvalue weighted by Crippen LogP contribution is 2.23. The Kier molecular flexibility index (Phi) is 2.91. The van der Waals surface area contributed by atoms with E-state index in [4.69, 9.17) is 5.11 Å². The van der Waals surface area contributed by atoms with E-state index >= 15 is 0 Å². The predicted molar refractivity (Wildman–Crippen MR) is 60.9 cm³/mol. The van der Waals surface area contributed by atoms with Crippen molar-refractivity contribution in [3.63, 3.8) is 0 Å². The Morgan fingerprint density at radius 2 is 2.33 bits per heavy atom. The van der Waals surface area contributed by atoms with Crippen LogP contribution in [0.25, 0.3) is 0 Å². The molecule has 1 aromatic heterocycles. The summed E-state index contributed by atoms with van der Waals surface area (Å²) in [7, 11) is 0. The van der Waals surface area contributed by atoms with E-state index in [0.29, 0.717) is 0 Å². The molecular formula is C12H18N2O. The number of nitrogens with zero attached hydrogens (tertiary/aromatic N) is 2. The summed E-state index contributed by atoms with van der Waals surface area (Å²) in [6.07, 6.45) is 1.24. The van der Waals surface area contributed by atoms with Gasteiger partial charge in [-0.05, 0) is 37.0 Å². The lowest BCUT2D eigenvalue weighted by Gasteiger charge is -2.18. The fourth-order valence-electron chi connectivity index (χ4n) is 2.12. The quantitative estimate of drug-likeness (QED) is 0.800. The maximum atomic E-state index is 9.13. The van der Waals surface area contributed by atoms with E-state index in [2.05, 4.69) is 16.8 Å². The average Bonchev–Trinajstić information content (AvgIpc) is 2.64. The number of hydrogen-bond acceptors (Lipinski definition) is 3. The number of aryl methyl sites for hydroxylation is 1. The molecule has 15 heavy (non-hydrogen) atoms. The molecule has 1 N–H and O–H groups in total. The summed E-state index contributed by atoms with van der Waals surface area (Å²) in [4.78, 5) is 6.82. The molecule has 3 heteroatoms. The predicted octanol–water partition coefficient (Wildman–Crippen LogP) is 1.73. The smallest absolute Gasteiger partial charge is 0.129 e. The SMILES string of the molecule is Cc1cc(CO)cc(N2CCC(C)C2)n1. The average molecular weight is 206 g/mol. The van der Waals surface area contributed by atoms with Crippen molar-refractivity contribution < 1.29 is 5.11 Å². The monoisotopic (exact) mass is 206 g/mol. The van der Waals surface area contributed by atoms with Crippen molar-refractivity contribution in [2.24, 2.45) is 5.92 Å². The molecule has 0 amide bonds. The first-order valence-electron chi connectivity index (χ1n) is 5.52. The van der Waals surface area contributed by atoms with Crippen LogP contribution in [-0.2, 0) is 6.61 Å². The molecule has 0 spiro atoms. The summed E-state index contributed by atoms with van der Waals surface area (Å²) in [5.74, 6) is 1.77. The van der Waals surface area contributed by atoms with Crippen LogP contribution in [0.1, 0.15) is 24.6 Å². The van der Waals surface area contributed by atoms with Gasteiger partial charge in [-0.2, -0.15) is 0 Å². The van der Waals surface area contributed by atoms with Gasteiger partial charge in [-0.15, -0.1) is 0 Å². The maximum absolute atomic E-state index is 9.13. The fraction of sp³-hybridized carbons (Fsp3) is 0.583. The second-order valence-corrected chi connectivity index (χ2v) is 4.47. The van der Waals surface area contributed by atoms with Crippen LogP contribution in [0.2, 0.25) is 0 Å². The molecule has 1 aliphatic rings. The van der Waals surface area contributed by atoms with E-state index in [1.165, 1.54) is 6.42 Å². The molecule has 3 nitrogen and oxygen atoms in total. The topological polar surface area (TPSA) is 36.4 Å². The van der Waals surface area contributed by atoms with Crippen LogP contribution >= 0.6 is 0 Å². The van der Waals surface area contributed by atoms with E-state index < -0.39 is 0 Å². The van der Waals surface area contributed by atoms with Gasteiger partial charge in [0.1, 0.15) is 5.82 Å². The molecule has 1 aliphatic heterocycles. The molecule has 2 rings (SSSR count). The Morgan fingerprint density at radius 1 is 1.53 bits per heavy atom. The highest BCUT2D eigenvalue weighted by atomic mass is 16.3. The van der Waals surface area contributed by atoms with Gasteiger partial charge in [0.25, 0.3) is 0 Å². The number of anilines is 1. The van der Waals surface area contributed by atoms with Gasteiger partial charge in [0.05, 0.1) is 6.61 Å². The minimum absolute atomic E-state index is 0.0970. The fourth-order valence-corrected chi connectivity index (χ4v) is 2.12. The van der Waals surface area contributed by atoms with Crippen LogP contribution < -0.4 is 4.90 Å². The van der Waals surface area contributed by atoms with Gasteiger partial charge in [0, 0.05) is 18.8 Å². The molecule has 1 unspecified atom stereocenters. The van der Waals surface area contributed by atoms with E-state index in [1.807, 2.05) is 19.1 Å². The van der Waals surface area contributed by atoms with Crippen LogP contribution in [0.15, 0.2) is 12.1 Å². The highest BCUT2D eigenvalue weighted by Gasteiger charge is 2.20. The summed E-state index contributed by atoms with van der Waals surface area (Å²) < 4.78 is 0. The summed E-state index contributed by atoms with van der Waals surface area (Å²) in [5, 5.41) is 9.13. The van der Waals surface area contributed by atoms with Crippen LogP contribution in [-0.4, -0.2) is 23.2 Å². The third kappa shape index (κ3) is 2.29. The number of hydrogen-bond donors (Lipinski definition) is 1. The van der Waals surface area contributed by atoms with Gasteiger partial charge >= 0.3 is 0 Å². The standard InChI is InChI=1S/C12H18N2O/c1-9-3-4-14(7-9)12-6-11(8-15)5-10(2)13-12/h5-6,9,15H,3-4,7-8H2,1-2H3. The van der Waals surface area contributed by atoms with Crippen LogP contribution in [0.5, 0.6) is 0 Å². The zero-order valence-electron chi connectivity index (χ0n) is 9.40. The van der Waals surface area contributed by atoms with Crippen LogP contribution in [0.3, 0.4) is 0 Å². The molecule has 1 aromatic rings. The number of pyridine rings is 1. The summed E-state index contributed by atoms with van der Waals surface area (Å²) in [6, 6.07) is 3.92. The molecular weight excluding hydrogens is 188 g/mol. The molecule has 2 heterocycles. The Morgan fingerprint density at radius 3 is 2.93 bits per heavy atom. The number of aromatic nitrogens is 1. The van der Waals surface area contributed by atoms with Gasteiger partial charge < -0.3 is 10.0 Å². The second-order valence-electron chi connectivity index (χ2n) is 4.47. The lowest BCUT2D eigenvalue weighted by Crippen LogP contribution is -2.20. The van der Waals surface area contributed by atoms with E-state index in [1.54, 1.807) is 0 Å². The Balaban J connectivity index is 2.24. The minimum atomic E-state index is 0.0970. The molecule has 1 saturated heterocycles. The van der Waals surface area contributed by atoms with Crippen molar-refractivity contribution in [3.8, 4) is 0 Å². The molecule has 0 bridgehead atoms. The first-order chi connectivity index (χ1) is 7.19. The molecule has 82 valence electrons. The number of aliphatic hydroxyl groups is 1. The van der Waals surface area contributed by atoms with E-state index in [0.717, 1.165) is 36.1 Å². The van der Waals surface area contributed by atoms with Crippen LogP contribution in [0, 0.1) is 12.8 Å². The first kappa shape index (κ1) is 10.4. The van der Waals surface area contributed by atoms with E-state index in [-0.39, 0.29) is 6.61 Å². The van der Waals surface area contributed by atoms with Gasteiger partial charge in [-0.25, -0.2) is 4.98 Å². The third-order valence-electron chi connectivity index (χ3n) is 2.93. The van der Waals surface area contributed by atoms with Crippen molar-refractivity contribution >= 4 is 5.82 Å². The molecule has 0 aliphatic carbocycles. The first-order valence-corrected chi connectivity index (χ1v) is 5.52. The second kappa shape index (κ2) is 4.19. The van der Waals surface area contributed by atoms with Crippen molar-refractivity contribution in [1.82, 2.24) is 4.98 Å². The minimum Gasteiger partial charge on any atom is -0.392 e. The van der Waals surface area contributed by atoms with Crippen molar-refractivity contribution in [2.45, 2.75) is 26.9 Å². The Bertz CT molecular complexity index is 351. The normalized spacial score (nSPS) is 21.0. The molecule has 1 atom stereocenters. The zero-order valence-corrected chi connectivity index (χ0v) is 9.40. The number of rotatable bonds is 2. The number of aliphatic hydroxyl groups excluding tert-OH is 1. The Hall–Kier alpha value is -1.09. The molecule has 0 aromatic carbocycles. The highest BCUT2D eigenvalue weighted by molar-refractivity contribution is 5.43. The van der Waals surface area contributed by atoms with Gasteiger partial charge in [0.2, 0.25) is 0 Å².